The Morgan fingerprint density at radius 1 is 1.07 bits per heavy atom. The van der Waals surface area contributed by atoms with Crippen molar-refractivity contribution < 1.29 is 5.11 Å². The van der Waals surface area contributed by atoms with Crippen LogP contribution in [0.25, 0.3) is 4.85 Å². The molecule has 0 unspecified atom stereocenters. The average molecular weight is 364 g/mol. The molecule has 1 saturated heterocycles. The fourth-order valence-electron chi connectivity index (χ4n) is 3.63. The lowest BCUT2D eigenvalue weighted by molar-refractivity contribution is 0.254. The Balaban J connectivity index is 1.44. The quantitative estimate of drug-likeness (QED) is 0.764. The number of nitrogens with zero attached hydrogens (tertiary/aromatic N) is 4. The largest absolute Gasteiger partial charge is 0.392 e. The van der Waals surface area contributed by atoms with Gasteiger partial charge in [0.05, 0.1) is 13.2 Å². The number of hydrogen-bond donors (Lipinski definition) is 1. The molecule has 27 heavy (non-hydrogen) atoms. The summed E-state index contributed by atoms with van der Waals surface area (Å²) in [5, 5.41) is 9.54. The van der Waals surface area contributed by atoms with Gasteiger partial charge in [0.25, 0.3) is 0 Å². The molecule has 1 aliphatic heterocycles. The normalized spacial score (nSPS) is 14.8. The van der Waals surface area contributed by atoms with Crippen LogP contribution < -0.4 is 9.80 Å². The van der Waals surface area contributed by atoms with Gasteiger partial charge in [-0.25, -0.2) is 4.85 Å². The van der Waals surface area contributed by atoms with Crippen LogP contribution >= 0.6 is 0 Å². The molecule has 0 saturated carbocycles. The summed E-state index contributed by atoms with van der Waals surface area (Å²) in [6.45, 7) is 13.4. The van der Waals surface area contributed by atoms with Crippen LogP contribution in [0.2, 0.25) is 0 Å². The smallest absolute Gasteiger partial charge is 0.189 e. The minimum atomic E-state index is 0.0947. The van der Waals surface area contributed by atoms with Gasteiger partial charge >= 0.3 is 0 Å². The maximum Gasteiger partial charge on any atom is 0.189 e. The van der Waals surface area contributed by atoms with E-state index in [1.165, 1.54) is 5.69 Å². The lowest BCUT2D eigenvalue weighted by Crippen LogP contribution is -2.47. The molecule has 2 aromatic carbocycles. The lowest BCUT2D eigenvalue weighted by atomic mass is 10.1. The number of hydrogen-bond acceptors (Lipinski definition) is 4. The van der Waals surface area contributed by atoms with E-state index in [9.17, 15) is 5.11 Å². The van der Waals surface area contributed by atoms with Crippen LogP contribution in [0.3, 0.4) is 0 Å². The molecule has 5 nitrogen and oxygen atoms in total. The van der Waals surface area contributed by atoms with Gasteiger partial charge in [-0.15, -0.1) is 0 Å². The van der Waals surface area contributed by atoms with E-state index in [2.05, 4.69) is 38.7 Å². The van der Waals surface area contributed by atoms with Gasteiger partial charge in [-0.2, -0.15) is 0 Å². The third-order valence-corrected chi connectivity index (χ3v) is 5.24. The Morgan fingerprint density at radius 2 is 1.85 bits per heavy atom. The zero-order chi connectivity index (χ0) is 19.1. The van der Waals surface area contributed by atoms with Crippen LogP contribution in [0.5, 0.6) is 0 Å². The number of benzene rings is 2. The summed E-state index contributed by atoms with van der Waals surface area (Å²) < 4.78 is 0. The number of para-hydroxylation sites is 1. The fraction of sp³-hybridized carbons (Fsp3) is 0.409. The fourth-order valence-corrected chi connectivity index (χ4v) is 3.63. The molecule has 0 aromatic heterocycles. The van der Waals surface area contributed by atoms with E-state index in [-0.39, 0.29) is 6.61 Å². The molecular weight excluding hydrogens is 336 g/mol. The molecule has 0 bridgehead atoms. The van der Waals surface area contributed by atoms with Crippen LogP contribution in [-0.2, 0) is 6.61 Å². The zero-order valence-electron chi connectivity index (χ0n) is 16.0. The summed E-state index contributed by atoms with van der Waals surface area (Å²) in [6.07, 6.45) is 1.10. The van der Waals surface area contributed by atoms with Gasteiger partial charge < -0.3 is 14.9 Å². The van der Waals surface area contributed by atoms with Gasteiger partial charge in [-0.05, 0) is 31.2 Å². The van der Waals surface area contributed by atoms with Gasteiger partial charge in [0.2, 0.25) is 0 Å². The Kier molecular flexibility index (Phi) is 6.69. The molecular formula is C22H28N4O. The molecule has 1 aliphatic rings. The second-order valence-corrected chi connectivity index (χ2v) is 7.02. The van der Waals surface area contributed by atoms with Crippen LogP contribution in [-0.4, -0.2) is 56.3 Å². The second kappa shape index (κ2) is 9.40. The van der Waals surface area contributed by atoms with Crippen molar-refractivity contribution in [2.75, 3.05) is 56.1 Å². The predicted molar refractivity (Wildman–Crippen MR) is 112 cm³/mol. The third kappa shape index (κ3) is 5.00. The molecule has 0 aliphatic carbocycles. The van der Waals surface area contributed by atoms with Crippen molar-refractivity contribution in [2.45, 2.75) is 13.0 Å². The highest BCUT2D eigenvalue weighted by Gasteiger charge is 2.18. The highest BCUT2D eigenvalue weighted by molar-refractivity contribution is 5.58. The first-order valence-electron chi connectivity index (χ1n) is 9.56. The van der Waals surface area contributed by atoms with Crippen molar-refractivity contribution in [1.29, 1.82) is 0 Å². The van der Waals surface area contributed by atoms with Gasteiger partial charge in [0, 0.05) is 56.7 Å². The Labute approximate surface area is 162 Å². The first-order valence-corrected chi connectivity index (χ1v) is 9.56. The van der Waals surface area contributed by atoms with E-state index in [0.717, 1.165) is 56.9 Å². The SMILES string of the molecule is [C-]#[N+]c1cccc(N(C)CCCN2CCN(c3ccccc3CO)CC2)c1. The Morgan fingerprint density at radius 3 is 2.59 bits per heavy atom. The Bertz CT molecular complexity index is 778. The highest BCUT2D eigenvalue weighted by atomic mass is 16.3. The van der Waals surface area contributed by atoms with Gasteiger partial charge in [0.15, 0.2) is 5.69 Å². The number of anilines is 2. The van der Waals surface area contributed by atoms with E-state index in [1.54, 1.807) is 0 Å². The van der Waals surface area contributed by atoms with Crippen LogP contribution in [0.4, 0.5) is 17.1 Å². The molecule has 0 amide bonds. The first-order chi connectivity index (χ1) is 13.2. The summed E-state index contributed by atoms with van der Waals surface area (Å²) in [4.78, 5) is 10.6. The molecule has 0 spiro atoms. The molecule has 0 atom stereocenters. The van der Waals surface area contributed by atoms with Crippen molar-refractivity contribution in [1.82, 2.24) is 4.90 Å². The summed E-state index contributed by atoms with van der Waals surface area (Å²) in [6, 6.07) is 15.9. The maximum absolute atomic E-state index is 9.54. The molecule has 1 heterocycles. The molecule has 2 aromatic rings. The summed E-state index contributed by atoms with van der Waals surface area (Å²) in [7, 11) is 2.09. The summed E-state index contributed by atoms with van der Waals surface area (Å²) in [5.74, 6) is 0. The monoisotopic (exact) mass is 364 g/mol. The van der Waals surface area contributed by atoms with E-state index >= 15 is 0 Å². The molecule has 1 N–H and O–H groups in total. The summed E-state index contributed by atoms with van der Waals surface area (Å²) in [5.41, 5.74) is 3.97. The van der Waals surface area contributed by atoms with E-state index in [1.807, 2.05) is 36.4 Å². The van der Waals surface area contributed by atoms with Gasteiger partial charge in [-0.3, -0.25) is 4.90 Å². The molecule has 0 radical (unpaired) electrons. The van der Waals surface area contributed by atoms with Crippen molar-refractivity contribution in [3.63, 3.8) is 0 Å². The molecule has 1 fully saturated rings. The summed E-state index contributed by atoms with van der Waals surface area (Å²) >= 11 is 0. The minimum absolute atomic E-state index is 0.0947. The minimum Gasteiger partial charge on any atom is -0.392 e. The maximum atomic E-state index is 9.54. The predicted octanol–water partition coefficient (Wildman–Crippen LogP) is 3.38. The number of piperazine rings is 1. The highest BCUT2D eigenvalue weighted by Crippen LogP contribution is 2.22. The van der Waals surface area contributed by atoms with E-state index < -0.39 is 0 Å². The molecule has 3 rings (SSSR count). The standard InChI is InChI=1S/C22H28N4O/c1-23-20-8-5-9-21(17-20)24(2)11-6-12-25-13-15-26(16-14-25)22-10-4-3-7-19(22)18-27/h3-5,7-10,17,27H,6,11-16,18H2,2H3. The Hall–Kier alpha value is -2.55. The average Bonchev–Trinajstić information content (AvgIpc) is 2.74. The van der Waals surface area contributed by atoms with Crippen LogP contribution in [0.15, 0.2) is 48.5 Å². The number of aliphatic hydroxyl groups is 1. The van der Waals surface area contributed by atoms with Crippen LogP contribution in [0.1, 0.15) is 12.0 Å². The second-order valence-electron chi connectivity index (χ2n) is 7.02. The van der Waals surface area contributed by atoms with Crippen molar-refractivity contribution in [3.05, 3.63) is 65.5 Å². The topological polar surface area (TPSA) is 34.3 Å². The van der Waals surface area contributed by atoms with Gasteiger partial charge in [-0.1, -0.05) is 30.3 Å². The third-order valence-electron chi connectivity index (χ3n) is 5.24. The van der Waals surface area contributed by atoms with Crippen LogP contribution in [0, 0.1) is 6.57 Å². The van der Waals surface area contributed by atoms with E-state index in [0.29, 0.717) is 5.69 Å². The zero-order valence-corrected chi connectivity index (χ0v) is 16.0. The lowest BCUT2D eigenvalue weighted by Gasteiger charge is -2.37. The first kappa shape index (κ1) is 19.2. The number of rotatable bonds is 7. The van der Waals surface area contributed by atoms with Crippen molar-refractivity contribution in [2.24, 2.45) is 0 Å². The number of aliphatic hydroxyl groups excluding tert-OH is 1. The molecule has 142 valence electrons. The molecule has 5 heteroatoms. The van der Waals surface area contributed by atoms with E-state index in [4.69, 9.17) is 6.57 Å². The van der Waals surface area contributed by atoms with Crippen molar-refractivity contribution >= 4 is 17.1 Å². The van der Waals surface area contributed by atoms with Gasteiger partial charge in [0.1, 0.15) is 0 Å². The van der Waals surface area contributed by atoms with Crippen molar-refractivity contribution in [3.8, 4) is 0 Å².